The Morgan fingerprint density at radius 3 is 2.32 bits per heavy atom. The number of benzene rings is 1. The summed E-state index contributed by atoms with van der Waals surface area (Å²) < 4.78 is 42.6. The number of alkyl halides is 2. The fourth-order valence-corrected chi connectivity index (χ4v) is 5.47. The topological polar surface area (TPSA) is 109 Å². The number of rotatable bonds is 6. The molecular formula is C25H26ClF3N4O4. The molecule has 12 heteroatoms. The molecule has 1 aliphatic heterocycles. The lowest BCUT2D eigenvalue weighted by molar-refractivity contribution is -0.164. The largest absolute Gasteiger partial charge is 0.357 e. The predicted octanol–water partition coefficient (Wildman–Crippen LogP) is 3.74. The van der Waals surface area contributed by atoms with Crippen molar-refractivity contribution in [1.29, 1.82) is 0 Å². The van der Waals surface area contributed by atoms with Gasteiger partial charge in [-0.3, -0.25) is 19.2 Å². The maximum Gasteiger partial charge on any atom is 0.293 e. The second-order valence-corrected chi connectivity index (χ2v) is 10.6. The molecule has 0 bridgehead atoms. The van der Waals surface area contributed by atoms with Crippen LogP contribution in [0.2, 0.25) is 5.02 Å². The maximum absolute atomic E-state index is 13.7. The Balaban J connectivity index is 1.69. The monoisotopic (exact) mass is 538 g/mol. The Kier molecular flexibility index (Phi) is 6.42. The number of nitrogens with one attached hydrogen (secondary N) is 3. The highest BCUT2D eigenvalue weighted by atomic mass is 35.5. The average molecular weight is 539 g/mol. The summed E-state index contributed by atoms with van der Waals surface area (Å²) in [5.74, 6) is -7.46. The number of amides is 3. The van der Waals surface area contributed by atoms with Crippen molar-refractivity contribution in [2.75, 3.05) is 12.4 Å². The molecule has 198 valence electrons. The van der Waals surface area contributed by atoms with Gasteiger partial charge in [-0.1, -0.05) is 11.6 Å². The fraction of sp³-hybridized carbons (Fsp3) is 0.440. The van der Waals surface area contributed by atoms with Crippen LogP contribution in [0.25, 0.3) is 0 Å². The van der Waals surface area contributed by atoms with Crippen LogP contribution in [0, 0.1) is 12.7 Å². The molecule has 8 nitrogen and oxygen atoms in total. The number of fused-ring (bicyclic) bond motifs is 1. The average Bonchev–Trinajstić information content (AvgIpc) is 3.26. The molecule has 1 aromatic carbocycles. The highest BCUT2D eigenvalue weighted by molar-refractivity contribution is 6.44. The van der Waals surface area contributed by atoms with Crippen molar-refractivity contribution in [2.45, 2.75) is 63.5 Å². The van der Waals surface area contributed by atoms with Gasteiger partial charge in [-0.25, -0.2) is 13.2 Å². The number of halogens is 4. The van der Waals surface area contributed by atoms with Crippen LogP contribution < -0.4 is 16.0 Å². The first kappa shape index (κ1) is 26.7. The van der Waals surface area contributed by atoms with Gasteiger partial charge >= 0.3 is 0 Å². The highest BCUT2D eigenvalue weighted by Gasteiger charge is 2.62. The van der Waals surface area contributed by atoms with E-state index in [9.17, 15) is 32.3 Å². The van der Waals surface area contributed by atoms with Gasteiger partial charge in [0.05, 0.1) is 10.6 Å². The van der Waals surface area contributed by atoms with E-state index in [0.29, 0.717) is 18.5 Å². The minimum Gasteiger partial charge on any atom is -0.357 e. The molecule has 1 aromatic heterocycles. The molecule has 0 radical (unpaired) electrons. The van der Waals surface area contributed by atoms with Crippen molar-refractivity contribution < 1.29 is 32.3 Å². The number of anilines is 1. The molecule has 0 saturated heterocycles. The lowest BCUT2D eigenvalue weighted by atomic mass is 9.72. The van der Waals surface area contributed by atoms with Crippen LogP contribution >= 0.6 is 11.6 Å². The van der Waals surface area contributed by atoms with Crippen molar-refractivity contribution >= 4 is 40.8 Å². The molecule has 1 fully saturated rings. The van der Waals surface area contributed by atoms with Crippen LogP contribution in [0.5, 0.6) is 0 Å². The zero-order chi connectivity index (χ0) is 27.5. The number of carbonyl (C=O) groups is 4. The standard InChI is InChI=1S/C25H26ClF3N4O4/c1-12-17(19(34)21(36)32-24(22(37)30-4)10-25(28,29)11-24)16-7-8-23(2,3)33(16)18(12)20(35)31-13-5-6-15(27)14(26)9-13/h5-6,9H,7-8,10-11H2,1-4H3,(H,30,37)(H,31,35)(H,32,36). The van der Waals surface area contributed by atoms with E-state index >= 15 is 0 Å². The van der Waals surface area contributed by atoms with E-state index in [2.05, 4.69) is 16.0 Å². The van der Waals surface area contributed by atoms with Crippen molar-refractivity contribution in [3.63, 3.8) is 0 Å². The third-order valence-corrected chi connectivity index (χ3v) is 7.34. The van der Waals surface area contributed by atoms with Gasteiger partial charge in [-0.2, -0.15) is 0 Å². The first-order valence-corrected chi connectivity index (χ1v) is 12.0. The van der Waals surface area contributed by atoms with Crippen LogP contribution in [0.15, 0.2) is 18.2 Å². The molecule has 3 N–H and O–H groups in total. The van der Waals surface area contributed by atoms with E-state index in [1.54, 1.807) is 4.57 Å². The van der Waals surface area contributed by atoms with Gasteiger partial charge in [-0.05, 0) is 57.4 Å². The zero-order valence-electron chi connectivity index (χ0n) is 20.7. The maximum atomic E-state index is 13.7. The van der Waals surface area contributed by atoms with Gasteiger partial charge in [0.25, 0.3) is 23.5 Å². The van der Waals surface area contributed by atoms with Gasteiger partial charge in [0, 0.05) is 36.8 Å². The van der Waals surface area contributed by atoms with Crippen LogP contribution in [-0.2, 0) is 21.5 Å². The number of Topliss-reactive ketones (excluding diaryl/α,β-unsaturated/α-hetero) is 1. The molecule has 37 heavy (non-hydrogen) atoms. The van der Waals surface area contributed by atoms with Crippen LogP contribution in [0.1, 0.15) is 65.2 Å². The van der Waals surface area contributed by atoms with E-state index < -0.39 is 59.2 Å². The van der Waals surface area contributed by atoms with E-state index in [4.69, 9.17) is 11.6 Å². The molecule has 3 amide bonds. The Labute approximate surface area is 215 Å². The van der Waals surface area contributed by atoms with E-state index in [0.717, 1.165) is 6.07 Å². The zero-order valence-corrected chi connectivity index (χ0v) is 21.4. The van der Waals surface area contributed by atoms with Crippen LogP contribution in [0.4, 0.5) is 18.9 Å². The van der Waals surface area contributed by atoms with Crippen molar-refractivity contribution in [3.8, 4) is 0 Å². The number of nitrogens with zero attached hydrogens (tertiary/aromatic N) is 1. The Morgan fingerprint density at radius 2 is 1.76 bits per heavy atom. The van der Waals surface area contributed by atoms with Crippen LogP contribution in [-0.4, -0.2) is 46.6 Å². The molecule has 2 aromatic rings. The van der Waals surface area contributed by atoms with Gasteiger partial charge in [0.15, 0.2) is 0 Å². The minimum atomic E-state index is -3.14. The summed E-state index contributed by atoms with van der Waals surface area (Å²) in [5.41, 5.74) is -1.45. The summed E-state index contributed by atoms with van der Waals surface area (Å²) in [4.78, 5) is 52.0. The molecule has 0 unspecified atom stereocenters. The van der Waals surface area contributed by atoms with E-state index in [1.807, 2.05) is 13.8 Å². The Hall–Kier alpha value is -3.34. The molecule has 0 atom stereocenters. The first-order chi connectivity index (χ1) is 17.1. The summed E-state index contributed by atoms with van der Waals surface area (Å²) >= 11 is 5.82. The SMILES string of the molecule is CNC(=O)C1(NC(=O)C(=O)c2c(C)c(C(=O)Nc3ccc(F)c(Cl)c3)n3c2CCC3(C)C)CC(F)(F)C1. The minimum absolute atomic E-state index is 0.0106. The van der Waals surface area contributed by atoms with Gasteiger partial charge in [0.2, 0.25) is 5.91 Å². The number of carbonyl (C=O) groups excluding carboxylic acids is 4. The van der Waals surface area contributed by atoms with Gasteiger partial charge in [0.1, 0.15) is 17.1 Å². The quantitative estimate of drug-likeness (QED) is 0.384. The summed E-state index contributed by atoms with van der Waals surface area (Å²) in [6.45, 7) is 5.26. The predicted molar refractivity (Wildman–Crippen MR) is 130 cm³/mol. The Morgan fingerprint density at radius 1 is 1.11 bits per heavy atom. The smallest absolute Gasteiger partial charge is 0.293 e. The number of likely N-dealkylation sites (N-methyl/N-ethyl adjacent to an activating group) is 1. The van der Waals surface area contributed by atoms with Crippen LogP contribution in [0.3, 0.4) is 0 Å². The second kappa shape index (κ2) is 8.90. The summed E-state index contributed by atoms with van der Waals surface area (Å²) in [5, 5.41) is 6.94. The molecule has 2 aliphatic rings. The Bertz CT molecular complexity index is 1340. The lowest BCUT2D eigenvalue weighted by Gasteiger charge is -2.45. The third-order valence-electron chi connectivity index (χ3n) is 7.05. The molecular weight excluding hydrogens is 513 g/mol. The second-order valence-electron chi connectivity index (χ2n) is 10.2. The van der Waals surface area contributed by atoms with Crippen molar-refractivity contribution in [3.05, 3.63) is 51.6 Å². The van der Waals surface area contributed by atoms with Crippen molar-refractivity contribution in [2.24, 2.45) is 0 Å². The van der Waals surface area contributed by atoms with Gasteiger partial charge < -0.3 is 20.5 Å². The summed E-state index contributed by atoms with van der Waals surface area (Å²) in [7, 11) is 1.25. The molecule has 1 saturated carbocycles. The number of ketones is 1. The van der Waals surface area contributed by atoms with E-state index in [1.165, 1.54) is 26.1 Å². The normalized spacial score (nSPS) is 18.4. The van der Waals surface area contributed by atoms with Gasteiger partial charge in [-0.15, -0.1) is 0 Å². The first-order valence-electron chi connectivity index (χ1n) is 11.6. The number of hydrogen-bond donors (Lipinski definition) is 3. The molecule has 4 rings (SSSR count). The molecule has 2 heterocycles. The summed E-state index contributed by atoms with van der Waals surface area (Å²) in [6, 6.07) is 3.68. The third kappa shape index (κ3) is 4.49. The van der Waals surface area contributed by atoms with Crippen molar-refractivity contribution in [1.82, 2.24) is 15.2 Å². The van der Waals surface area contributed by atoms with E-state index in [-0.39, 0.29) is 27.5 Å². The lowest BCUT2D eigenvalue weighted by Crippen LogP contribution is -2.69. The molecule has 0 spiro atoms. The fourth-order valence-electron chi connectivity index (χ4n) is 5.29. The number of aromatic nitrogens is 1. The molecule has 1 aliphatic carbocycles. The highest BCUT2D eigenvalue weighted by Crippen LogP contribution is 2.46. The number of hydrogen-bond acceptors (Lipinski definition) is 4. The summed E-state index contributed by atoms with van der Waals surface area (Å²) in [6.07, 6.45) is -0.892.